The third-order valence-electron chi connectivity index (χ3n) is 5.49. The number of methoxy groups -OCH3 is 1. The standard InChI is InChI=1S/C22H29NO12/c1-7-8-22(20(28)30-6)9-15-17(23(11(2)24)21(29)34-15)19(35-22)18(33-14(5)27)16(32-13(4)26)10-31-12(3)25/h7,15-19H,1,8-10H2,2-6H3/t15-,16+,17+,18+,19+,22+/m0/s1. The molecule has 0 N–H and O–H groups in total. The highest BCUT2D eigenvalue weighted by Gasteiger charge is 2.63. The average molecular weight is 499 g/mol. The van der Waals surface area contributed by atoms with Crippen molar-refractivity contribution in [2.75, 3.05) is 13.7 Å². The first-order valence-corrected chi connectivity index (χ1v) is 10.7. The van der Waals surface area contributed by atoms with Crippen LogP contribution in [0.2, 0.25) is 0 Å². The molecule has 2 amide bonds. The summed E-state index contributed by atoms with van der Waals surface area (Å²) in [5.41, 5.74) is -1.74. The summed E-state index contributed by atoms with van der Waals surface area (Å²) in [6.45, 7) is 7.47. The molecule has 2 aliphatic heterocycles. The molecule has 0 saturated carbocycles. The Morgan fingerprint density at radius 1 is 1.11 bits per heavy atom. The Labute approximate surface area is 201 Å². The minimum atomic E-state index is -1.74. The van der Waals surface area contributed by atoms with Crippen LogP contribution in [-0.4, -0.2) is 90.6 Å². The summed E-state index contributed by atoms with van der Waals surface area (Å²) in [6, 6.07) is -1.18. The number of amides is 2. The first-order valence-electron chi connectivity index (χ1n) is 10.7. The summed E-state index contributed by atoms with van der Waals surface area (Å²) < 4.78 is 32.1. The van der Waals surface area contributed by atoms with Gasteiger partial charge in [-0.25, -0.2) is 14.5 Å². The van der Waals surface area contributed by atoms with Crippen LogP contribution in [0.25, 0.3) is 0 Å². The summed E-state index contributed by atoms with van der Waals surface area (Å²) in [5.74, 6) is -3.89. The average Bonchev–Trinajstić information content (AvgIpc) is 3.09. The van der Waals surface area contributed by atoms with Gasteiger partial charge < -0.3 is 28.4 Å². The van der Waals surface area contributed by atoms with E-state index in [1.165, 1.54) is 6.08 Å². The zero-order valence-corrected chi connectivity index (χ0v) is 20.1. The summed E-state index contributed by atoms with van der Waals surface area (Å²) >= 11 is 0. The molecule has 6 atom stereocenters. The van der Waals surface area contributed by atoms with Crippen molar-refractivity contribution in [3.8, 4) is 0 Å². The second kappa shape index (κ2) is 11.3. The van der Waals surface area contributed by atoms with Crippen LogP contribution in [0.3, 0.4) is 0 Å². The molecule has 0 spiro atoms. The second-order valence-electron chi connectivity index (χ2n) is 8.09. The molecule has 2 rings (SSSR count). The number of ether oxygens (including phenoxy) is 6. The van der Waals surface area contributed by atoms with Gasteiger partial charge >= 0.3 is 30.0 Å². The van der Waals surface area contributed by atoms with E-state index in [2.05, 4.69) is 6.58 Å². The number of fused-ring (bicyclic) bond motifs is 1. The van der Waals surface area contributed by atoms with Gasteiger partial charge in [0, 0.05) is 40.5 Å². The molecule has 0 aliphatic carbocycles. The molecular weight excluding hydrogens is 470 g/mol. The van der Waals surface area contributed by atoms with Crippen LogP contribution in [0, 0.1) is 0 Å². The number of rotatable bonds is 9. The topological polar surface area (TPSA) is 161 Å². The Morgan fingerprint density at radius 2 is 1.74 bits per heavy atom. The molecule has 2 heterocycles. The van der Waals surface area contributed by atoms with Crippen LogP contribution >= 0.6 is 0 Å². The monoisotopic (exact) mass is 499 g/mol. The Balaban J connectivity index is 2.67. The van der Waals surface area contributed by atoms with Crippen molar-refractivity contribution in [3.05, 3.63) is 12.7 Å². The van der Waals surface area contributed by atoms with Gasteiger partial charge in [0.2, 0.25) is 5.91 Å². The Hall–Kier alpha value is -3.48. The van der Waals surface area contributed by atoms with Crippen molar-refractivity contribution < 1.29 is 57.2 Å². The van der Waals surface area contributed by atoms with Gasteiger partial charge in [-0.15, -0.1) is 6.58 Å². The van der Waals surface area contributed by atoms with E-state index in [1.807, 2.05) is 0 Å². The van der Waals surface area contributed by atoms with Gasteiger partial charge in [0.05, 0.1) is 7.11 Å². The predicted octanol–water partition coefficient (Wildman–Crippen LogP) is 0.426. The zero-order chi connectivity index (χ0) is 26.5. The highest BCUT2D eigenvalue weighted by Crippen LogP contribution is 2.42. The molecule has 2 saturated heterocycles. The number of hydrogen-bond acceptors (Lipinski definition) is 12. The number of imide groups is 1. The summed E-state index contributed by atoms with van der Waals surface area (Å²) in [6.07, 6.45) is -5.38. The van der Waals surface area contributed by atoms with Crippen molar-refractivity contribution in [1.29, 1.82) is 0 Å². The van der Waals surface area contributed by atoms with Crippen molar-refractivity contribution in [2.45, 2.75) is 76.6 Å². The lowest BCUT2D eigenvalue weighted by Crippen LogP contribution is -2.66. The molecule has 0 aromatic heterocycles. The number of hydrogen-bond donors (Lipinski definition) is 0. The molecule has 194 valence electrons. The van der Waals surface area contributed by atoms with Crippen LogP contribution in [0.5, 0.6) is 0 Å². The molecule has 0 aromatic rings. The van der Waals surface area contributed by atoms with E-state index in [9.17, 15) is 28.8 Å². The molecule has 0 bridgehead atoms. The largest absolute Gasteiger partial charge is 0.467 e. The minimum Gasteiger partial charge on any atom is -0.467 e. The first kappa shape index (κ1) is 27.8. The van der Waals surface area contributed by atoms with E-state index in [0.29, 0.717) is 0 Å². The SMILES string of the molecule is C=CC[C@]1(C(=O)OC)C[C@@H]2OC(=O)N(C(C)=O)[C@H]2[C@H]([C@H](OC(C)=O)[C@@H](COC(C)=O)OC(C)=O)O1. The number of nitrogens with zero attached hydrogens (tertiary/aromatic N) is 1. The van der Waals surface area contributed by atoms with Gasteiger partial charge in [-0.05, 0) is 0 Å². The fourth-order valence-electron chi connectivity index (χ4n) is 4.29. The molecule has 2 aliphatic rings. The highest BCUT2D eigenvalue weighted by atomic mass is 16.6. The predicted molar refractivity (Wildman–Crippen MR) is 113 cm³/mol. The van der Waals surface area contributed by atoms with E-state index in [1.54, 1.807) is 0 Å². The molecule has 13 heteroatoms. The van der Waals surface area contributed by atoms with Crippen LogP contribution in [0.1, 0.15) is 40.5 Å². The van der Waals surface area contributed by atoms with Crippen LogP contribution in [-0.2, 0) is 52.4 Å². The molecule has 0 unspecified atom stereocenters. The Bertz CT molecular complexity index is 901. The third-order valence-corrected chi connectivity index (χ3v) is 5.49. The summed E-state index contributed by atoms with van der Waals surface area (Å²) in [5, 5.41) is 0. The normalized spacial score (nSPS) is 26.9. The van der Waals surface area contributed by atoms with Gasteiger partial charge in [-0.3, -0.25) is 19.2 Å². The van der Waals surface area contributed by atoms with E-state index >= 15 is 0 Å². The first-order chi connectivity index (χ1) is 16.4. The zero-order valence-electron chi connectivity index (χ0n) is 20.1. The molecular formula is C22H29NO12. The van der Waals surface area contributed by atoms with Gasteiger partial charge in [-0.1, -0.05) is 6.08 Å². The Morgan fingerprint density at radius 3 is 2.23 bits per heavy atom. The number of carbonyl (C=O) groups is 6. The second-order valence-corrected chi connectivity index (χ2v) is 8.09. The van der Waals surface area contributed by atoms with E-state index in [-0.39, 0.29) is 12.8 Å². The van der Waals surface area contributed by atoms with Crippen molar-refractivity contribution >= 4 is 35.9 Å². The molecule has 35 heavy (non-hydrogen) atoms. The number of carbonyl (C=O) groups excluding carboxylic acids is 6. The van der Waals surface area contributed by atoms with Crippen molar-refractivity contribution in [2.24, 2.45) is 0 Å². The molecule has 2 fully saturated rings. The quantitative estimate of drug-likeness (QED) is 0.245. The lowest BCUT2D eigenvalue weighted by molar-refractivity contribution is -0.236. The smallest absolute Gasteiger partial charge is 0.417 e. The fraction of sp³-hybridized carbons (Fsp3) is 0.636. The van der Waals surface area contributed by atoms with Gasteiger partial charge in [0.1, 0.15) is 24.9 Å². The maximum Gasteiger partial charge on any atom is 0.417 e. The van der Waals surface area contributed by atoms with Crippen LogP contribution < -0.4 is 0 Å². The minimum absolute atomic E-state index is 0.0913. The molecule has 0 radical (unpaired) electrons. The molecule has 13 nitrogen and oxygen atoms in total. The molecule has 0 aromatic carbocycles. The van der Waals surface area contributed by atoms with E-state index in [4.69, 9.17) is 28.4 Å². The van der Waals surface area contributed by atoms with Crippen molar-refractivity contribution in [1.82, 2.24) is 4.90 Å². The summed E-state index contributed by atoms with van der Waals surface area (Å²) in [4.78, 5) is 73.9. The number of esters is 4. The van der Waals surface area contributed by atoms with Crippen LogP contribution in [0.15, 0.2) is 12.7 Å². The third kappa shape index (κ3) is 6.15. The van der Waals surface area contributed by atoms with E-state index in [0.717, 1.165) is 39.7 Å². The van der Waals surface area contributed by atoms with Gasteiger partial charge in [0.25, 0.3) is 0 Å². The summed E-state index contributed by atoms with van der Waals surface area (Å²) in [7, 11) is 1.13. The van der Waals surface area contributed by atoms with Crippen molar-refractivity contribution in [3.63, 3.8) is 0 Å². The van der Waals surface area contributed by atoms with Gasteiger partial charge in [-0.2, -0.15) is 0 Å². The maximum absolute atomic E-state index is 12.8. The van der Waals surface area contributed by atoms with Crippen LogP contribution in [0.4, 0.5) is 4.79 Å². The lowest BCUT2D eigenvalue weighted by atomic mass is 9.81. The Kier molecular flexibility index (Phi) is 8.96. The van der Waals surface area contributed by atoms with Gasteiger partial charge in [0.15, 0.2) is 17.8 Å². The maximum atomic E-state index is 12.8. The fourth-order valence-corrected chi connectivity index (χ4v) is 4.29. The highest BCUT2D eigenvalue weighted by molar-refractivity contribution is 5.93. The lowest BCUT2D eigenvalue weighted by Gasteiger charge is -2.47. The van der Waals surface area contributed by atoms with E-state index < -0.39 is 78.5 Å².